The molecular weight excluding hydrogens is 299 g/mol. The number of para-hydroxylation sites is 1. The van der Waals surface area contributed by atoms with Crippen LogP contribution in [0.3, 0.4) is 0 Å². The Hall–Kier alpha value is -1.71. The van der Waals surface area contributed by atoms with Crippen LogP contribution in [0.1, 0.15) is 17.3 Å². The summed E-state index contributed by atoms with van der Waals surface area (Å²) in [4.78, 5) is 11.8. The van der Waals surface area contributed by atoms with E-state index in [1.807, 2.05) is 0 Å². The topological polar surface area (TPSA) is 35.5 Å². The molecule has 2 aromatic carbocycles. The molecule has 0 radical (unpaired) electrons. The van der Waals surface area contributed by atoms with E-state index in [9.17, 15) is 4.79 Å². The van der Waals surface area contributed by atoms with Crippen LogP contribution in [-0.2, 0) is 4.74 Å². The van der Waals surface area contributed by atoms with Gasteiger partial charge in [0.15, 0.2) is 0 Å². The predicted molar refractivity (Wildman–Crippen MR) is 78.9 cm³/mol. The second-order valence-corrected chi connectivity index (χ2v) is 4.74. The van der Waals surface area contributed by atoms with Crippen LogP contribution in [0.4, 0.5) is 0 Å². The van der Waals surface area contributed by atoms with Gasteiger partial charge in [0.2, 0.25) is 0 Å². The summed E-state index contributed by atoms with van der Waals surface area (Å²) in [6, 6.07) is 11.7. The van der Waals surface area contributed by atoms with Gasteiger partial charge in [-0.25, -0.2) is 4.79 Å². The Morgan fingerprint density at radius 1 is 1.10 bits per heavy atom. The molecule has 0 aliphatic rings. The van der Waals surface area contributed by atoms with Crippen LogP contribution in [-0.4, -0.2) is 12.6 Å². The Morgan fingerprint density at radius 3 is 2.55 bits per heavy atom. The quantitative estimate of drug-likeness (QED) is 0.748. The molecule has 0 aromatic heterocycles. The van der Waals surface area contributed by atoms with E-state index < -0.39 is 5.97 Å². The van der Waals surface area contributed by atoms with Crippen molar-refractivity contribution in [2.75, 3.05) is 6.61 Å². The van der Waals surface area contributed by atoms with Crippen molar-refractivity contribution in [3.63, 3.8) is 0 Å². The number of hydrogen-bond donors (Lipinski definition) is 0. The molecule has 2 aromatic rings. The predicted octanol–water partition coefficient (Wildman–Crippen LogP) is 4.96. The van der Waals surface area contributed by atoms with E-state index in [0.717, 1.165) is 0 Å². The fourth-order valence-electron chi connectivity index (χ4n) is 1.61. The third kappa shape index (κ3) is 3.44. The molecule has 0 aliphatic carbocycles. The minimum Gasteiger partial charge on any atom is -0.462 e. The fraction of sp³-hybridized carbons (Fsp3) is 0.133. The summed E-state index contributed by atoms with van der Waals surface area (Å²) >= 11 is 11.9. The van der Waals surface area contributed by atoms with Gasteiger partial charge in [-0.3, -0.25) is 0 Å². The van der Waals surface area contributed by atoms with Crippen molar-refractivity contribution in [2.24, 2.45) is 0 Å². The number of benzene rings is 2. The highest BCUT2D eigenvalue weighted by Crippen LogP contribution is 2.33. The monoisotopic (exact) mass is 310 g/mol. The molecule has 0 unspecified atom stereocenters. The lowest BCUT2D eigenvalue weighted by Crippen LogP contribution is -2.06. The first-order valence-corrected chi connectivity index (χ1v) is 6.76. The minimum atomic E-state index is -0.437. The van der Waals surface area contributed by atoms with Gasteiger partial charge in [-0.2, -0.15) is 0 Å². The Labute approximate surface area is 127 Å². The maximum atomic E-state index is 11.8. The van der Waals surface area contributed by atoms with Gasteiger partial charge in [-0.1, -0.05) is 35.3 Å². The standard InChI is InChI=1S/C15H12Cl2O3/c1-2-19-15(18)11-5-3-4-6-13(11)20-14-8-7-10(16)9-12(14)17/h3-9H,2H2,1H3. The van der Waals surface area contributed by atoms with Gasteiger partial charge in [0.1, 0.15) is 17.1 Å². The molecule has 0 spiro atoms. The van der Waals surface area contributed by atoms with E-state index in [2.05, 4.69) is 0 Å². The van der Waals surface area contributed by atoms with Gasteiger partial charge in [0, 0.05) is 5.02 Å². The van der Waals surface area contributed by atoms with Crippen LogP contribution in [0.5, 0.6) is 11.5 Å². The van der Waals surface area contributed by atoms with Crippen molar-refractivity contribution in [2.45, 2.75) is 6.92 Å². The van der Waals surface area contributed by atoms with Crippen LogP contribution < -0.4 is 4.74 Å². The van der Waals surface area contributed by atoms with Crippen molar-refractivity contribution in [1.82, 2.24) is 0 Å². The maximum absolute atomic E-state index is 11.8. The number of esters is 1. The molecule has 20 heavy (non-hydrogen) atoms. The zero-order valence-corrected chi connectivity index (χ0v) is 12.2. The summed E-state index contributed by atoms with van der Waals surface area (Å²) in [5.41, 5.74) is 0.348. The largest absolute Gasteiger partial charge is 0.462 e. The molecule has 3 nitrogen and oxygen atoms in total. The van der Waals surface area contributed by atoms with Crippen molar-refractivity contribution < 1.29 is 14.3 Å². The summed E-state index contributed by atoms with van der Waals surface area (Å²) in [5, 5.41) is 0.886. The summed E-state index contributed by atoms with van der Waals surface area (Å²) in [6.45, 7) is 2.05. The van der Waals surface area contributed by atoms with Crippen LogP contribution >= 0.6 is 23.2 Å². The molecule has 2 rings (SSSR count). The molecule has 0 saturated carbocycles. The average Bonchev–Trinajstić information content (AvgIpc) is 2.43. The third-order valence-corrected chi connectivity index (χ3v) is 3.03. The molecule has 0 fully saturated rings. The molecule has 0 aliphatic heterocycles. The van der Waals surface area contributed by atoms with E-state index in [4.69, 9.17) is 32.7 Å². The zero-order chi connectivity index (χ0) is 14.5. The third-order valence-electron chi connectivity index (χ3n) is 2.50. The molecule has 0 bridgehead atoms. The highest BCUT2D eigenvalue weighted by Gasteiger charge is 2.14. The molecule has 0 amide bonds. The van der Waals surface area contributed by atoms with Gasteiger partial charge in [-0.15, -0.1) is 0 Å². The number of halogens is 2. The molecule has 0 atom stereocenters. The van der Waals surface area contributed by atoms with E-state index in [1.54, 1.807) is 49.4 Å². The van der Waals surface area contributed by atoms with Crippen LogP contribution in [0.15, 0.2) is 42.5 Å². The highest BCUT2D eigenvalue weighted by atomic mass is 35.5. The van der Waals surface area contributed by atoms with Crippen LogP contribution in [0, 0.1) is 0 Å². The van der Waals surface area contributed by atoms with Crippen molar-refractivity contribution in [1.29, 1.82) is 0 Å². The van der Waals surface area contributed by atoms with E-state index >= 15 is 0 Å². The molecule has 0 heterocycles. The van der Waals surface area contributed by atoms with Gasteiger partial charge in [0.05, 0.1) is 11.6 Å². The molecule has 5 heteroatoms. The Morgan fingerprint density at radius 2 is 1.85 bits per heavy atom. The number of carbonyl (C=O) groups is 1. The summed E-state index contributed by atoms with van der Waals surface area (Å²) in [5.74, 6) is 0.371. The highest BCUT2D eigenvalue weighted by molar-refractivity contribution is 6.35. The van der Waals surface area contributed by atoms with E-state index in [1.165, 1.54) is 0 Å². The summed E-state index contributed by atoms with van der Waals surface area (Å²) in [7, 11) is 0. The van der Waals surface area contributed by atoms with Crippen LogP contribution in [0.2, 0.25) is 10.0 Å². The molecule has 104 valence electrons. The molecule has 0 N–H and O–H groups in total. The number of hydrogen-bond acceptors (Lipinski definition) is 3. The van der Waals surface area contributed by atoms with Crippen LogP contribution in [0.25, 0.3) is 0 Å². The SMILES string of the molecule is CCOC(=O)c1ccccc1Oc1ccc(Cl)cc1Cl. The minimum absolute atomic E-state index is 0.300. The van der Waals surface area contributed by atoms with Gasteiger partial charge in [-0.05, 0) is 37.3 Å². The van der Waals surface area contributed by atoms with Gasteiger partial charge >= 0.3 is 5.97 Å². The Balaban J connectivity index is 2.31. The Bertz CT molecular complexity index is 626. The number of carbonyl (C=O) groups excluding carboxylic acids is 1. The van der Waals surface area contributed by atoms with Crippen molar-refractivity contribution in [3.8, 4) is 11.5 Å². The first-order valence-electron chi connectivity index (χ1n) is 6.01. The average molecular weight is 311 g/mol. The number of rotatable bonds is 4. The summed E-state index contributed by atoms with van der Waals surface area (Å²) < 4.78 is 10.7. The van der Waals surface area contributed by atoms with Crippen molar-refractivity contribution >= 4 is 29.2 Å². The first kappa shape index (κ1) is 14.7. The van der Waals surface area contributed by atoms with Gasteiger partial charge in [0.25, 0.3) is 0 Å². The Kier molecular flexibility index (Phi) is 4.88. The maximum Gasteiger partial charge on any atom is 0.341 e. The fourth-order valence-corrected chi connectivity index (χ4v) is 2.06. The molecular formula is C15H12Cl2O3. The first-order chi connectivity index (χ1) is 9.61. The smallest absolute Gasteiger partial charge is 0.341 e. The molecule has 0 saturated heterocycles. The zero-order valence-electron chi connectivity index (χ0n) is 10.7. The lowest BCUT2D eigenvalue weighted by atomic mass is 10.2. The van der Waals surface area contributed by atoms with E-state index in [-0.39, 0.29) is 0 Å². The second-order valence-electron chi connectivity index (χ2n) is 3.89. The second kappa shape index (κ2) is 6.64. The van der Waals surface area contributed by atoms with Crippen molar-refractivity contribution in [3.05, 3.63) is 58.1 Å². The lowest BCUT2D eigenvalue weighted by molar-refractivity contribution is 0.0523. The lowest BCUT2D eigenvalue weighted by Gasteiger charge is -2.11. The normalized spacial score (nSPS) is 10.2. The van der Waals surface area contributed by atoms with E-state index in [0.29, 0.717) is 33.7 Å². The number of ether oxygens (including phenoxy) is 2. The summed E-state index contributed by atoms with van der Waals surface area (Å²) in [6.07, 6.45) is 0. The van der Waals surface area contributed by atoms with Gasteiger partial charge < -0.3 is 9.47 Å².